The zero-order valence-corrected chi connectivity index (χ0v) is 65.6. The number of pyridine rings is 4. The van der Waals surface area contributed by atoms with E-state index in [-0.39, 0.29) is 5.41 Å². The first-order valence-corrected chi connectivity index (χ1v) is 38.5. The molecule has 0 aliphatic heterocycles. The summed E-state index contributed by atoms with van der Waals surface area (Å²) in [5.74, 6) is 0.510. The summed E-state index contributed by atoms with van der Waals surface area (Å²) in [6, 6.07) is 86.7. The minimum Gasteiger partial charge on any atom is -0.455 e. The summed E-state index contributed by atoms with van der Waals surface area (Å²) < 4.78 is 34.6. The lowest BCUT2D eigenvalue weighted by Crippen LogP contribution is -2.32. The summed E-state index contributed by atoms with van der Waals surface area (Å²) in [7, 11) is 8.44. The van der Waals surface area contributed by atoms with E-state index in [1.54, 1.807) is 0 Å². The highest BCUT2D eigenvalue weighted by Crippen LogP contribution is 2.44. The first kappa shape index (κ1) is 70.5. The van der Waals surface area contributed by atoms with Crippen LogP contribution in [-0.4, -0.2) is 0 Å². The van der Waals surface area contributed by atoms with E-state index in [1.807, 2.05) is 0 Å². The smallest absolute Gasteiger partial charge is 0.216 e. The van der Waals surface area contributed by atoms with Crippen LogP contribution in [0.1, 0.15) is 92.0 Å². The molecule has 0 saturated carbocycles. The Balaban J connectivity index is 0.000000107. The van der Waals surface area contributed by atoms with Crippen LogP contribution in [-0.2, 0) is 40.0 Å². The van der Waals surface area contributed by atoms with Crippen LogP contribution >= 0.6 is 0 Å². The molecule has 0 radical (unpaired) electrons. The molecule has 0 fully saturated rings. The largest absolute Gasteiger partial charge is 0.455 e. The van der Waals surface area contributed by atoms with Crippen LogP contribution in [0.5, 0.6) is 0 Å². The van der Waals surface area contributed by atoms with Gasteiger partial charge in [0.25, 0.3) is 0 Å². The van der Waals surface area contributed by atoms with Crippen LogP contribution in [0.4, 0.5) is 0 Å². The number of hydrogen-bond donors (Lipinski definition) is 0. The van der Waals surface area contributed by atoms with E-state index in [0.29, 0.717) is 5.92 Å². The van der Waals surface area contributed by atoms with Gasteiger partial charge in [-0.05, 0) is 190 Å². The quantitative estimate of drug-likeness (QED) is 0.156. The van der Waals surface area contributed by atoms with Crippen molar-refractivity contribution in [3.8, 4) is 45.0 Å². The van der Waals surface area contributed by atoms with Crippen LogP contribution in [0, 0.1) is 34.6 Å². The summed E-state index contributed by atoms with van der Waals surface area (Å²) >= 11 is 0. The molecule has 0 amide bonds. The number of aryl methyl sites for hydroxylation is 10. The molecule has 0 bridgehead atoms. The SMILES string of the molecule is CCc1ccc(-c2c(C)ccc3c2oc2cc4ccccc4cc23)[n+](C)c1.Cc1ccc(-c2c(C)ccc3c2oc2cc4ccccc4cc23)[n+](C)c1.Cc1ccc2c(oc3cc4ccccc4cc32)c1-c1cc(C(C)(C)C)cc[n+]1C.Cc1ccc2c(oc3cc4ccccc4cc32)c1-c1ccc(C(C)C)c[n+]1C. The molecule has 0 atom stereocenters. The van der Waals surface area contributed by atoms with Gasteiger partial charge in [0.2, 0.25) is 22.8 Å². The fraction of sp³-hybridized carbons (Fsp3) is 0.176. The van der Waals surface area contributed by atoms with Crippen molar-refractivity contribution in [2.75, 3.05) is 0 Å². The molecule has 0 N–H and O–H groups in total. The molecule has 0 spiro atoms. The lowest BCUT2D eigenvalue weighted by molar-refractivity contribution is -0.660. The summed E-state index contributed by atoms with van der Waals surface area (Å²) in [4.78, 5) is 0. The van der Waals surface area contributed by atoms with Crippen LogP contribution in [0.3, 0.4) is 0 Å². The van der Waals surface area contributed by atoms with Gasteiger partial charge in [-0.2, -0.15) is 0 Å². The molecule has 8 nitrogen and oxygen atoms in total. The lowest BCUT2D eigenvalue weighted by Gasteiger charge is -2.19. The van der Waals surface area contributed by atoms with Crippen LogP contribution < -0.4 is 18.3 Å². The minimum absolute atomic E-state index is 0.0937. The van der Waals surface area contributed by atoms with E-state index in [2.05, 4.69) is 390 Å². The molecule has 0 aliphatic rings. The molecule has 20 rings (SSSR count). The third-order valence-electron chi connectivity index (χ3n) is 22.6. The molecule has 0 unspecified atom stereocenters. The third kappa shape index (κ3) is 12.7. The van der Waals surface area contributed by atoms with E-state index in [1.165, 1.54) is 176 Å². The fourth-order valence-corrected chi connectivity index (χ4v) is 16.4. The van der Waals surface area contributed by atoms with Gasteiger partial charge in [0.05, 0.1) is 22.3 Å². The van der Waals surface area contributed by atoms with Gasteiger partial charge in [-0.1, -0.05) is 187 Å². The Kier molecular flexibility index (Phi) is 17.9. The highest BCUT2D eigenvalue weighted by molar-refractivity contribution is 6.17. The van der Waals surface area contributed by atoms with E-state index in [0.717, 1.165) is 51.1 Å². The minimum atomic E-state index is 0.0937. The van der Waals surface area contributed by atoms with E-state index in [4.69, 9.17) is 17.7 Å². The molecule has 12 aromatic carbocycles. The van der Waals surface area contributed by atoms with Crippen molar-refractivity contribution in [2.24, 2.45) is 28.2 Å². The van der Waals surface area contributed by atoms with Crippen LogP contribution in [0.15, 0.2) is 285 Å². The fourth-order valence-electron chi connectivity index (χ4n) is 16.4. The van der Waals surface area contributed by atoms with E-state index < -0.39 is 0 Å². The maximum absolute atomic E-state index is 6.49. The van der Waals surface area contributed by atoms with Crippen molar-refractivity contribution in [3.63, 3.8) is 0 Å². The zero-order valence-electron chi connectivity index (χ0n) is 65.6. The molecule has 8 heterocycles. The molecular formula is C102H92N4O4+4. The standard InChI is InChI=1S/C27H26NO.C26H24NO.C25H22NO.C24H20NO/c1-17-10-11-21-22-14-18-8-6-7-9-19(18)15-24(22)29-26(21)25(17)23-16-20(27(2,3)4)12-13-28(23)5;1-16(2)20-10-12-23(27(4)15-20)25-17(3)9-11-21-22-13-18-7-5-6-8-19(18)14-24(22)28-26(21)25;1-4-17-10-12-22(26(3)15-17)24-16(2)9-11-20-21-13-18-7-5-6-8-19(18)14-23(21)27-25(20)24;1-15-8-11-21(25(3)14-15)23-16(2)9-10-19-20-12-17-6-4-5-7-18(17)13-22(20)26-24(19)23/h6-16H,1-5H3;5-16H,1-4H3;5-15H,4H2,1-3H3;4-14H,1-3H3/q4*+1. The normalized spacial score (nSPS) is 11.9. The summed E-state index contributed by atoms with van der Waals surface area (Å²) in [6.45, 7) is 24.2. The second kappa shape index (κ2) is 27.9. The number of rotatable bonds is 6. The predicted molar refractivity (Wildman–Crippen MR) is 457 cm³/mol. The van der Waals surface area contributed by atoms with Crippen LogP contribution in [0.25, 0.3) is 176 Å². The summed E-state index contributed by atoms with van der Waals surface area (Å²) in [6.07, 6.45) is 9.80. The average molecular weight is 1440 g/mol. The summed E-state index contributed by atoms with van der Waals surface area (Å²) in [5, 5.41) is 19.2. The van der Waals surface area contributed by atoms with Crippen molar-refractivity contribution in [1.82, 2.24) is 0 Å². The number of hydrogen-bond acceptors (Lipinski definition) is 4. The Morgan fingerprint density at radius 1 is 0.309 bits per heavy atom. The van der Waals surface area contributed by atoms with Gasteiger partial charge in [0, 0.05) is 90.1 Å². The monoisotopic (exact) mass is 1440 g/mol. The van der Waals surface area contributed by atoms with Gasteiger partial charge in [-0.15, -0.1) is 0 Å². The maximum Gasteiger partial charge on any atom is 0.216 e. The first-order valence-electron chi connectivity index (χ1n) is 38.5. The molecule has 0 aliphatic carbocycles. The summed E-state index contributed by atoms with van der Waals surface area (Å²) in [5.41, 5.74) is 27.3. The topological polar surface area (TPSA) is 68.1 Å². The molecule has 0 saturated heterocycles. The molecule has 20 aromatic rings. The van der Waals surface area contributed by atoms with Crippen molar-refractivity contribution in [2.45, 2.75) is 93.9 Å². The number of benzene rings is 12. The van der Waals surface area contributed by atoms with Crippen molar-refractivity contribution >= 4 is 131 Å². The number of fused-ring (bicyclic) bond motifs is 16. The molecule has 540 valence electrons. The van der Waals surface area contributed by atoms with Crippen molar-refractivity contribution in [3.05, 3.63) is 312 Å². The first-order chi connectivity index (χ1) is 53.1. The number of furan rings is 4. The Morgan fingerprint density at radius 2 is 0.627 bits per heavy atom. The maximum atomic E-state index is 6.49. The second-order valence-corrected chi connectivity index (χ2v) is 31.6. The number of nitrogens with zero attached hydrogens (tertiary/aromatic N) is 4. The number of aromatic nitrogens is 4. The van der Waals surface area contributed by atoms with Crippen LogP contribution in [0.2, 0.25) is 0 Å². The second-order valence-electron chi connectivity index (χ2n) is 31.6. The predicted octanol–water partition coefficient (Wildman–Crippen LogP) is 25.4. The van der Waals surface area contributed by atoms with Gasteiger partial charge in [-0.3, -0.25) is 0 Å². The van der Waals surface area contributed by atoms with Gasteiger partial charge in [-0.25, -0.2) is 18.3 Å². The lowest BCUT2D eigenvalue weighted by atomic mass is 9.86. The van der Waals surface area contributed by atoms with E-state index >= 15 is 0 Å². The Bertz CT molecular complexity index is 7090. The average Bonchev–Trinajstić information content (AvgIpc) is 1.60. The van der Waals surface area contributed by atoms with Gasteiger partial charge in [0.15, 0.2) is 24.8 Å². The molecule has 8 aromatic heterocycles. The van der Waals surface area contributed by atoms with Crippen molar-refractivity contribution in [1.29, 1.82) is 0 Å². The third-order valence-corrected chi connectivity index (χ3v) is 22.6. The van der Waals surface area contributed by atoms with Gasteiger partial charge < -0.3 is 17.7 Å². The molecule has 8 heteroatoms. The molecular weight excluding hydrogens is 1350 g/mol. The molecule has 110 heavy (non-hydrogen) atoms. The Hall–Kier alpha value is -12.5. The van der Waals surface area contributed by atoms with Gasteiger partial charge >= 0.3 is 0 Å². The zero-order chi connectivity index (χ0) is 76.1. The van der Waals surface area contributed by atoms with Gasteiger partial charge in [0.1, 0.15) is 72.9 Å². The van der Waals surface area contributed by atoms with E-state index in [9.17, 15) is 0 Å². The Morgan fingerprint density at radius 3 is 0.945 bits per heavy atom. The van der Waals surface area contributed by atoms with Crippen molar-refractivity contribution < 1.29 is 35.9 Å². The Labute approximate surface area is 641 Å². The highest BCUT2D eigenvalue weighted by atomic mass is 16.3. The highest BCUT2D eigenvalue weighted by Gasteiger charge is 2.28.